The smallest absolute Gasteiger partial charge is 0.229 e. The maximum Gasteiger partial charge on any atom is 0.229 e. The van der Waals surface area contributed by atoms with E-state index in [0.29, 0.717) is 17.3 Å². The molecule has 136 valence electrons. The fourth-order valence-electron chi connectivity index (χ4n) is 3.59. The third-order valence-electron chi connectivity index (χ3n) is 4.89. The van der Waals surface area contributed by atoms with Gasteiger partial charge in [-0.1, -0.05) is 35.9 Å². The summed E-state index contributed by atoms with van der Waals surface area (Å²) in [5.41, 5.74) is 5.55. The summed E-state index contributed by atoms with van der Waals surface area (Å²) in [6.07, 6.45) is 0.195. The van der Waals surface area contributed by atoms with Crippen LogP contribution in [0, 0.1) is 33.6 Å². The lowest BCUT2D eigenvalue weighted by Gasteiger charge is -2.21. The molecule has 1 aliphatic rings. The maximum absolute atomic E-state index is 12.7. The Morgan fingerprint density at radius 2 is 1.77 bits per heavy atom. The number of amides is 2. The summed E-state index contributed by atoms with van der Waals surface area (Å²) in [6, 6.07) is 9.73. The topological polar surface area (TPSA) is 49.4 Å². The van der Waals surface area contributed by atoms with Gasteiger partial charge in [0.05, 0.1) is 16.6 Å². The Bertz CT molecular complexity index is 848. The molecule has 0 saturated carbocycles. The lowest BCUT2D eigenvalue weighted by Crippen LogP contribution is -2.29. The highest BCUT2D eigenvalue weighted by atomic mass is 35.5. The summed E-state index contributed by atoms with van der Waals surface area (Å²) in [5, 5.41) is 3.55. The number of halogens is 1. The van der Waals surface area contributed by atoms with E-state index in [1.54, 1.807) is 4.90 Å². The third kappa shape index (κ3) is 3.47. The van der Waals surface area contributed by atoms with Crippen LogP contribution in [-0.4, -0.2) is 18.4 Å². The first-order valence-electron chi connectivity index (χ1n) is 8.72. The number of carbonyl (C=O) groups is 2. The monoisotopic (exact) mass is 370 g/mol. The first kappa shape index (κ1) is 18.5. The SMILES string of the molecule is Cc1cc(C)c(N2CC(C(=O)Nc3c(C)cccc3C)CC2=O)c(Cl)c1. The second-order valence-electron chi connectivity index (χ2n) is 7.07. The molecule has 5 heteroatoms. The summed E-state index contributed by atoms with van der Waals surface area (Å²) in [4.78, 5) is 26.9. The number of nitrogens with zero attached hydrogens (tertiary/aromatic N) is 1. The summed E-state index contributed by atoms with van der Waals surface area (Å²) in [5.74, 6) is -0.585. The molecule has 1 aliphatic heterocycles. The van der Waals surface area contributed by atoms with Crippen LogP contribution in [0.25, 0.3) is 0 Å². The van der Waals surface area contributed by atoms with Crippen molar-refractivity contribution in [2.45, 2.75) is 34.1 Å². The number of hydrogen-bond donors (Lipinski definition) is 1. The minimum absolute atomic E-state index is 0.0690. The molecule has 26 heavy (non-hydrogen) atoms. The predicted octanol–water partition coefficient (Wildman–Crippen LogP) is 4.57. The van der Waals surface area contributed by atoms with Crippen LogP contribution in [0.2, 0.25) is 5.02 Å². The first-order valence-corrected chi connectivity index (χ1v) is 9.10. The van der Waals surface area contributed by atoms with E-state index in [4.69, 9.17) is 11.6 Å². The van der Waals surface area contributed by atoms with Gasteiger partial charge in [0.1, 0.15) is 0 Å². The van der Waals surface area contributed by atoms with E-state index in [-0.39, 0.29) is 18.2 Å². The van der Waals surface area contributed by atoms with Crippen molar-refractivity contribution in [2.75, 3.05) is 16.8 Å². The fourth-order valence-corrected chi connectivity index (χ4v) is 4.01. The molecule has 2 amide bonds. The molecule has 3 rings (SSSR count). The van der Waals surface area contributed by atoms with Crippen molar-refractivity contribution in [3.8, 4) is 0 Å². The number of aryl methyl sites for hydroxylation is 4. The molecule has 0 spiro atoms. The van der Waals surface area contributed by atoms with E-state index in [0.717, 1.165) is 27.9 Å². The third-order valence-corrected chi connectivity index (χ3v) is 5.18. The molecule has 1 atom stereocenters. The molecule has 1 fully saturated rings. The Balaban J connectivity index is 1.81. The number of benzene rings is 2. The van der Waals surface area contributed by atoms with Crippen molar-refractivity contribution >= 4 is 34.8 Å². The van der Waals surface area contributed by atoms with Gasteiger partial charge in [-0.05, 0) is 56.0 Å². The Hall–Kier alpha value is -2.33. The number of anilines is 2. The zero-order valence-electron chi connectivity index (χ0n) is 15.5. The van der Waals surface area contributed by atoms with Crippen LogP contribution >= 0.6 is 11.6 Å². The Morgan fingerprint density at radius 1 is 1.12 bits per heavy atom. The normalized spacial score (nSPS) is 16.9. The van der Waals surface area contributed by atoms with Crippen molar-refractivity contribution in [3.63, 3.8) is 0 Å². The van der Waals surface area contributed by atoms with Crippen molar-refractivity contribution < 1.29 is 9.59 Å². The fraction of sp³-hybridized carbons (Fsp3) is 0.333. The molecule has 0 aliphatic carbocycles. The highest BCUT2D eigenvalue weighted by molar-refractivity contribution is 6.34. The van der Waals surface area contributed by atoms with Gasteiger partial charge in [-0.2, -0.15) is 0 Å². The standard InChI is InChI=1S/C21H23ClN2O2/c1-12-8-15(4)20(17(22)9-12)24-11-16(10-18(24)25)21(26)23-19-13(2)6-5-7-14(19)3/h5-9,16H,10-11H2,1-4H3,(H,23,26). The molecule has 2 aromatic carbocycles. The van der Waals surface area contributed by atoms with E-state index in [9.17, 15) is 9.59 Å². The molecule has 0 radical (unpaired) electrons. The largest absolute Gasteiger partial charge is 0.325 e. The lowest BCUT2D eigenvalue weighted by molar-refractivity contribution is -0.122. The molecule has 1 heterocycles. The van der Waals surface area contributed by atoms with Crippen LogP contribution in [0.5, 0.6) is 0 Å². The van der Waals surface area contributed by atoms with Gasteiger partial charge in [0.2, 0.25) is 11.8 Å². The van der Waals surface area contributed by atoms with Crippen LogP contribution in [0.4, 0.5) is 11.4 Å². The minimum Gasteiger partial charge on any atom is -0.325 e. The van der Waals surface area contributed by atoms with Crippen LogP contribution < -0.4 is 10.2 Å². The number of para-hydroxylation sites is 1. The van der Waals surface area contributed by atoms with Crippen LogP contribution in [0.1, 0.15) is 28.7 Å². The maximum atomic E-state index is 12.7. The average molecular weight is 371 g/mol. The van der Waals surface area contributed by atoms with Crippen LogP contribution in [0.15, 0.2) is 30.3 Å². The summed E-state index contributed by atoms with van der Waals surface area (Å²) in [6.45, 7) is 8.17. The van der Waals surface area contributed by atoms with Crippen LogP contribution in [-0.2, 0) is 9.59 Å². The second kappa shape index (κ2) is 7.12. The minimum atomic E-state index is -0.390. The van der Waals surface area contributed by atoms with E-state index < -0.39 is 5.92 Å². The Labute approximate surface area is 159 Å². The van der Waals surface area contributed by atoms with Gasteiger partial charge >= 0.3 is 0 Å². The van der Waals surface area contributed by atoms with Crippen LogP contribution in [0.3, 0.4) is 0 Å². The number of hydrogen-bond acceptors (Lipinski definition) is 2. The molecule has 1 unspecified atom stereocenters. The van der Waals surface area contributed by atoms with Crippen molar-refractivity contribution in [3.05, 3.63) is 57.6 Å². The molecule has 2 aromatic rings. The van der Waals surface area contributed by atoms with E-state index in [1.807, 2.05) is 58.0 Å². The second-order valence-corrected chi connectivity index (χ2v) is 7.48. The van der Waals surface area contributed by atoms with E-state index in [1.165, 1.54) is 0 Å². The van der Waals surface area contributed by atoms with Gasteiger partial charge in [0, 0.05) is 18.7 Å². The molecule has 1 saturated heterocycles. The summed E-state index contributed by atoms with van der Waals surface area (Å²) in [7, 11) is 0. The van der Waals surface area contributed by atoms with Crippen molar-refractivity contribution in [1.82, 2.24) is 0 Å². The van der Waals surface area contributed by atoms with Gasteiger partial charge in [0.15, 0.2) is 0 Å². The number of carbonyl (C=O) groups excluding carboxylic acids is 2. The summed E-state index contributed by atoms with van der Waals surface area (Å²) >= 11 is 6.38. The summed E-state index contributed by atoms with van der Waals surface area (Å²) < 4.78 is 0. The van der Waals surface area contributed by atoms with Gasteiger partial charge in [0.25, 0.3) is 0 Å². The molecular formula is C21H23ClN2O2. The highest BCUT2D eigenvalue weighted by Crippen LogP contribution is 2.35. The van der Waals surface area contributed by atoms with Gasteiger partial charge in [-0.25, -0.2) is 0 Å². The van der Waals surface area contributed by atoms with Gasteiger partial charge < -0.3 is 10.2 Å². The van der Waals surface area contributed by atoms with Crippen molar-refractivity contribution in [1.29, 1.82) is 0 Å². The quantitative estimate of drug-likeness (QED) is 0.860. The Morgan fingerprint density at radius 3 is 2.38 bits per heavy atom. The molecule has 4 nitrogen and oxygen atoms in total. The van der Waals surface area contributed by atoms with Crippen molar-refractivity contribution in [2.24, 2.45) is 5.92 Å². The number of nitrogens with one attached hydrogen (secondary N) is 1. The van der Waals surface area contributed by atoms with E-state index >= 15 is 0 Å². The molecule has 1 N–H and O–H groups in total. The Kier molecular flexibility index (Phi) is 5.05. The van der Waals surface area contributed by atoms with Gasteiger partial charge in [-0.15, -0.1) is 0 Å². The molecular weight excluding hydrogens is 348 g/mol. The van der Waals surface area contributed by atoms with E-state index in [2.05, 4.69) is 5.32 Å². The first-order chi connectivity index (χ1) is 12.3. The predicted molar refractivity (Wildman–Crippen MR) is 106 cm³/mol. The average Bonchev–Trinajstić information content (AvgIpc) is 2.92. The van der Waals surface area contributed by atoms with Gasteiger partial charge in [-0.3, -0.25) is 9.59 Å². The highest BCUT2D eigenvalue weighted by Gasteiger charge is 2.36. The molecule has 0 bridgehead atoms. The number of rotatable bonds is 3. The lowest BCUT2D eigenvalue weighted by atomic mass is 10.1. The molecule has 0 aromatic heterocycles. The zero-order valence-corrected chi connectivity index (χ0v) is 16.3. The zero-order chi connectivity index (χ0) is 19.0.